The predicted molar refractivity (Wildman–Crippen MR) is 77.2 cm³/mol. The highest BCUT2D eigenvalue weighted by Crippen LogP contribution is 2.19. The number of methoxy groups -OCH3 is 1. The van der Waals surface area contributed by atoms with Gasteiger partial charge in [0, 0.05) is 25.2 Å². The second-order valence-electron chi connectivity index (χ2n) is 4.52. The third-order valence-corrected chi connectivity index (χ3v) is 3.25. The minimum Gasteiger partial charge on any atom is -0.496 e. The lowest BCUT2D eigenvalue weighted by Crippen LogP contribution is -2.31. The van der Waals surface area contributed by atoms with E-state index in [-0.39, 0.29) is 0 Å². The minimum atomic E-state index is 0.867. The molecule has 0 fully saturated rings. The molecular formula is C15H26N2O. The van der Waals surface area contributed by atoms with Gasteiger partial charge in [0.1, 0.15) is 5.75 Å². The van der Waals surface area contributed by atoms with E-state index in [0.29, 0.717) is 0 Å². The summed E-state index contributed by atoms with van der Waals surface area (Å²) in [5.74, 6) is 0.968. The van der Waals surface area contributed by atoms with Crippen LogP contribution in [0.1, 0.15) is 25.0 Å². The third kappa shape index (κ3) is 4.67. The maximum atomic E-state index is 5.37. The molecule has 3 heteroatoms. The van der Waals surface area contributed by atoms with Gasteiger partial charge in [-0.25, -0.2) is 0 Å². The van der Waals surface area contributed by atoms with Gasteiger partial charge in [-0.15, -0.1) is 0 Å². The first-order valence-corrected chi connectivity index (χ1v) is 6.77. The maximum absolute atomic E-state index is 5.37. The van der Waals surface area contributed by atoms with E-state index in [1.54, 1.807) is 7.11 Å². The molecule has 0 heterocycles. The molecule has 0 bridgehead atoms. The number of hydrogen-bond donors (Lipinski definition) is 1. The predicted octanol–water partition coefficient (Wildman–Crippen LogP) is 2.44. The van der Waals surface area contributed by atoms with Gasteiger partial charge in [0.15, 0.2) is 0 Å². The molecule has 3 nitrogen and oxygen atoms in total. The van der Waals surface area contributed by atoms with Crippen LogP contribution in [0.5, 0.6) is 5.75 Å². The van der Waals surface area contributed by atoms with E-state index in [0.717, 1.165) is 38.5 Å². The summed E-state index contributed by atoms with van der Waals surface area (Å²) >= 11 is 0. The molecule has 0 aromatic heterocycles. The van der Waals surface area contributed by atoms with Crippen LogP contribution in [0, 0.1) is 6.92 Å². The van der Waals surface area contributed by atoms with Gasteiger partial charge in [0.25, 0.3) is 0 Å². The zero-order valence-corrected chi connectivity index (χ0v) is 12.1. The molecule has 18 heavy (non-hydrogen) atoms. The Morgan fingerprint density at radius 3 is 2.56 bits per heavy atom. The van der Waals surface area contributed by atoms with E-state index in [9.17, 15) is 0 Å². The van der Waals surface area contributed by atoms with E-state index in [1.807, 2.05) is 6.07 Å². The summed E-state index contributed by atoms with van der Waals surface area (Å²) in [7, 11) is 1.73. The lowest BCUT2D eigenvalue weighted by molar-refractivity contribution is 0.302. The van der Waals surface area contributed by atoms with Crippen molar-refractivity contribution in [1.29, 1.82) is 0 Å². The first-order valence-electron chi connectivity index (χ1n) is 6.77. The number of rotatable bonds is 8. The summed E-state index contributed by atoms with van der Waals surface area (Å²) in [6.07, 6.45) is 0. The Morgan fingerprint density at radius 1 is 1.22 bits per heavy atom. The highest BCUT2D eigenvalue weighted by atomic mass is 16.5. The Kier molecular flexibility index (Phi) is 6.76. The molecule has 0 spiro atoms. The van der Waals surface area contributed by atoms with Crippen molar-refractivity contribution in [2.75, 3.05) is 33.3 Å². The Bertz CT molecular complexity index is 348. The summed E-state index contributed by atoms with van der Waals surface area (Å²) in [5.41, 5.74) is 2.51. The van der Waals surface area contributed by atoms with Crippen LogP contribution in [0.15, 0.2) is 18.2 Å². The molecule has 0 amide bonds. The number of benzene rings is 1. The number of aryl methyl sites for hydroxylation is 1. The third-order valence-electron chi connectivity index (χ3n) is 3.25. The Labute approximate surface area is 111 Å². The molecule has 0 aliphatic rings. The first kappa shape index (κ1) is 15.0. The molecule has 0 aliphatic heterocycles. The zero-order valence-electron chi connectivity index (χ0n) is 12.1. The number of nitrogens with zero attached hydrogens (tertiary/aromatic N) is 1. The number of likely N-dealkylation sites (N-methyl/N-ethyl adjacent to an activating group) is 1. The zero-order chi connectivity index (χ0) is 13.4. The van der Waals surface area contributed by atoms with Crippen LogP contribution in [-0.4, -0.2) is 38.2 Å². The summed E-state index contributed by atoms with van der Waals surface area (Å²) in [6.45, 7) is 11.7. The van der Waals surface area contributed by atoms with Gasteiger partial charge in [0.2, 0.25) is 0 Å². The fourth-order valence-corrected chi connectivity index (χ4v) is 2.05. The smallest absolute Gasteiger partial charge is 0.123 e. The topological polar surface area (TPSA) is 24.5 Å². The summed E-state index contributed by atoms with van der Waals surface area (Å²) in [5, 5.41) is 3.48. The fraction of sp³-hybridized carbons (Fsp3) is 0.600. The normalized spacial score (nSPS) is 10.9. The van der Waals surface area contributed by atoms with E-state index in [4.69, 9.17) is 4.74 Å². The highest BCUT2D eigenvalue weighted by molar-refractivity contribution is 5.36. The average Bonchev–Trinajstić information content (AvgIpc) is 2.39. The molecule has 1 N–H and O–H groups in total. The van der Waals surface area contributed by atoms with Gasteiger partial charge in [-0.3, -0.25) is 0 Å². The van der Waals surface area contributed by atoms with Crippen molar-refractivity contribution in [2.45, 2.75) is 27.3 Å². The summed E-state index contributed by atoms with van der Waals surface area (Å²) in [4.78, 5) is 2.42. The van der Waals surface area contributed by atoms with Crippen LogP contribution in [0.4, 0.5) is 0 Å². The number of nitrogens with one attached hydrogen (secondary N) is 1. The van der Waals surface area contributed by atoms with Gasteiger partial charge >= 0.3 is 0 Å². The van der Waals surface area contributed by atoms with E-state index in [2.05, 4.69) is 43.1 Å². The SMILES string of the molecule is CCN(CC)CCNCc1cc(C)ccc1OC. The van der Waals surface area contributed by atoms with Gasteiger partial charge < -0.3 is 15.0 Å². The van der Waals surface area contributed by atoms with Gasteiger partial charge in [0.05, 0.1) is 7.11 Å². The molecule has 1 aromatic carbocycles. The second-order valence-corrected chi connectivity index (χ2v) is 4.52. The van der Waals surface area contributed by atoms with Gasteiger partial charge in [-0.1, -0.05) is 31.5 Å². The largest absolute Gasteiger partial charge is 0.496 e. The highest BCUT2D eigenvalue weighted by Gasteiger charge is 2.03. The molecule has 0 radical (unpaired) electrons. The molecule has 1 rings (SSSR count). The van der Waals surface area contributed by atoms with E-state index < -0.39 is 0 Å². The van der Waals surface area contributed by atoms with Crippen molar-refractivity contribution in [3.05, 3.63) is 29.3 Å². The van der Waals surface area contributed by atoms with Crippen LogP contribution in [0.25, 0.3) is 0 Å². The number of ether oxygens (including phenoxy) is 1. The van der Waals surface area contributed by atoms with Crippen LogP contribution >= 0.6 is 0 Å². The Morgan fingerprint density at radius 2 is 1.94 bits per heavy atom. The molecule has 0 saturated carbocycles. The molecule has 102 valence electrons. The van der Waals surface area contributed by atoms with Crippen LogP contribution < -0.4 is 10.1 Å². The lowest BCUT2D eigenvalue weighted by atomic mass is 10.1. The van der Waals surface area contributed by atoms with Crippen molar-refractivity contribution >= 4 is 0 Å². The molecule has 1 aromatic rings. The standard InChI is InChI=1S/C15H26N2O/c1-5-17(6-2)10-9-16-12-14-11-13(3)7-8-15(14)18-4/h7-8,11,16H,5-6,9-10,12H2,1-4H3. The van der Waals surface area contributed by atoms with E-state index >= 15 is 0 Å². The van der Waals surface area contributed by atoms with Crippen LogP contribution in [0.2, 0.25) is 0 Å². The maximum Gasteiger partial charge on any atom is 0.123 e. The molecular weight excluding hydrogens is 224 g/mol. The van der Waals surface area contributed by atoms with Crippen molar-refractivity contribution in [2.24, 2.45) is 0 Å². The van der Waals surface area contributed by atoms with Crippen molar-refractivity contribution in [3.8, 4) is 5.75 Å². The fourth-order valence-electron chi connectivity index (χ4n) is 2.05. The molecule has 0 aliphatic carbocycles. The van der Waals surface area contributed by atoms with Crippen molar-refractivity contribution in [3.63, 3.8) is 0 Å². The Hall–Kier alpha value is -1.06. The number of hydrogen-bond acceptors (Lipinski definition) is 3. The van der Waals surface area contributed by atoms with Gasteiger partial charge in [-0.05, 0) is 26.1 Å². The molecule has 0 atom stereocenters. The average molecular weight is 250 g/mol. The minimum absolute atomic E-state index is 0.867. The monoisotopic (exact) mass is 250 g/mol. The summed E-state index contributed by atoms with van der Waals surface area (Å²) in [6, 6.07) is 6.30. The van der Waals surface area contributed by atoms with Crippen molar-refractivity contribution < 1.29 is 4.74 Å². The van der Waals surface area contributed by atoms with Crippen LogP contribution in [-0.2, 0) is 6.54 Å². The summed E-state index contributed by atoms with van der Waals surface area (Å²) < 4.78 is 5.37. The lowest BCUT2D eigenvalue weighted by Gasteiger charge is -2.18. The van der Waals surface area contributed by atoms with Gasteiger partial charge in [-0.2, -0.15) is 0 Å². The van der Waals surface area contributed by atoms with E-state index in [1.165, 1.54) is 11.1 Å². The first-order chi connectivity index (χ1) is 8.71. The molecule has 0 unspecified atom stereocenters. The van der Waals surface area contributed by atoms with Crippen molar-refractivity contribution in [1.82, 2.24) is 10.2 Å². The quantitative estimate of drug-likeness (QED) is 0.717. The molecule has 0 saturated heterocycles. The Balaban J connectivity index is 2.41. The van der Waals surface area contributed by atoms with Crippen LogP contribution in [0.3, 0.4) is 0 Å². The second kappa shape index (κ2) is 8.11.